The quantitative estimate of drug-likeness (QED) is 0.844. The lowest BCUT2D eigenvalue weighted by Gasteiger charge is -2.39. The maximum Gasteiger partial charge on any atom is 0.246 e. The number of carbonyl (C=O) groups excluding carboxylic acids is 1. The third kappa shape index (κ3) is 2.51. The number of piperazine rings is 1. The van der Waals surface area contributed by atoms with E-state index in [1.165, 1.54) is 5.56 Å². The standard InChI is InChI=1S/C15H22N2O2/c1-9-5-10(2)14(11(3)6-9)17-12(4)7-16-13(8-18)15(17)19/h5-6,12-13,16,18H,7-8H2,1-4H3. The first-order chi connectivity index (χ1) is 8.95. The second-order valence-electron chi connectivity index (χ2n) is 5.45. The van der Waals surface area contributed by atoms with Gasteiger partial charge in [-0.2, -0.15) is 0 Å². The summed E-state index contributed by atoms with van der Waals surface area (Å²) >= 11 is 0. The summed E-state index contributed by atoms with van der Waals surface area (Å²) in [6.07, 6.45) is 0. The Morgan fingerprint density at radius 2 is 1.89 bits per heavy atom. The fourth-order valence-electron chi connectivity index (χ4n) is 2.90. The lowest BCUT2D eigenvalue weighted by Crippen LogP contribution is -2.61. The summed E-state index contributed by atoms with van der Waals surface area (Å²) in [6.45, 7) is 8.69. The Balaban J connectivity index is 2.47. The van der Waals surface area contributed by atoms with Crippen molar-refractivity contribution in [3.63, 3.8) is 0 Å². The van der Waals surface area contributed by atoms with Gasteiger partial charge >= 0.3 is 0 Å². The van der Waals surface area contributed by atoms with Gasteiger partial charge in [0.2, 0.25) is 5.91 Å². The van der Waals surface area contributed by atoms with Crippen LogP contribution in [0.5, 0.6) is 0 Å². The molecular formula is C15H22N2O2. The maximum atomic E-state index is 12.5. The molecule has 2 N–H and O–H groups in total. The van der Waals surface area contributed by atoms with Crippen molar-refractivity contribution in [2.75, 3.05) is 18.1 Å². The molecule has 1 aromatic rings. The highest BCUT2D eigenvalue weighted by atomic mass is 16.3. The number of amides is 1. The van der Waals surface area contributed by atoms with Crippen LogP contribution in [-0.4, -0.2) is 36.2 Å². The van der Waals surface area contributed by atoms with Gasteiger partial charge in [-0.1, -0.05) is 17.7 Å². The molecule has 1 aliphatic heterocycles. The van der Waals surface area contributed by atoms with E-state index in [9.17, 15) is 9.90 Å². The molecule has 0 saturated carbocycles. The SMILES string of the molecule is Cc1cc(C)c(N2C(=O)C(CO)NCC2C)c(C)c1. The number of rotatable bonds is 2. The van der Waals surface area contributed by atoms with E-state index in [1.807, 2.05) is 25.7 Å². The van der Waals surface area contributed by atoms with Gasteiger partial charge in [-0.25, -0.2) is 0 Å². The van der Waals surface area contributed by atoms with Crippen LogP contribution in [0.2, 0.25) is 0 Å². The van der Waals surface area contributed by atoms with Crippen LogP contribution in [0.3, 0.4) is 0 Å². The molecule has 19 heavy (non-hydrogen) atoms. The zero-order chi connectivity index (χ0) is 14.2. The molecule has 2 unspecified atom stereocenters. The molecule has 0 bridgehead atoms. The van der Waals surface area contributed by atoms with Crippen molar-refractivity contribution >= 4 is 11.6 Å². The normalized spacial score (nSPS) is 23.8. The van der Waals surface area contributed by atoms with Gasteiger partial charge in [0, 0.05) is 18.3 Å². The van der Waals surface area contributed by atoms with Gasteiger partial charge in [0.1, 0.15) is 6.04 Å². The number of aliphatic hydroxyl groups is 1. The number of carbonyl (C=O) groups is 1. The van der Waals surface area contributed by atoms with E-state index in [1.54, 1.807) is 0 Å². The predicted octanol–water partition coefficient (Wildman–Crippen LogP) is 1.30. The third-order valence-corrected chi connectivity index (χ3v) is 3.69. The molecule has 1 aromatic carbocycles. The first kappa shape index (κ1) is 14.0. The number of hydrogen-bond acceptors (Lipinski definition) is 3. The van der Waals surface area contributed by atoms with E-state index in [4.69, 9.17) is 0 Å². The van der Waals surface area contributed by atoms with Gasteiger partial charge in [-0.05, 0) is 38.8 Å². The minimum atomic E-state index is -0.490. The van der Waals surface area contributed by atoms with Crippen LogP contribution >= 0.6 is 0 Å². The van der Waals surface area contributed by atoms with E-state index in [0.717, 1.165) is 16.8 Å². The number of nitrogens with one attached hydrogen (secondary N) is 1. The Labute approximate surface area is 114 Å². The minimum absolute atomic E-state index is 0.0451. The molecule has 0 spiro atoms. The minimum Gasteiger partial charge on any atom is -0.394 e. The molecule has 2 rings (SSSR count). The molecule has 0 aromatic heterocycles. The molecule has 2 atom stereocenters. The van der Waals surface area contributed by atoms with E-state index in [2.05, 4.69) is 24.4 Å². The summed E-state index contributed by atoms with van der Waals surface area (Å²) in [7, 11) is 0. The van der Waals surface area contributed by atoms with E-state index < -0.39 is 6.04 Å². The van der Waals surface area contributed by atoms with Crippen LogP contribution in [0.4, 0.5) is 5.69 Å². The van der Waals surface area contributed by atoms with Gasteiger partial charge in [-0.3, -0.25) is 4.79 Å². The van der Waals surface area contributed by atoms with Gasteiger partial charge in [-0.15, -0.1) is 0 Å². The summed E-state index contributed by atoms with van der Waals surface area (Å²) in [6, 6.07) is 3.79. The highest BCUT2D eigenvalue weighted by molar-refractivity contribution is 6.00. The molecule has 1 amide bonds. The fourth-order valence-corrected chi connectivity index (χ4v) is 2.90. The number of nitrogens with zero attached hydrogens (tertiary/aromatic N) is 1. The van der Waals surface area contributed by atoms with Crippen molar-refractivity contribution in [1.29, 1.82) is 0 Å². The van der Waals surface area contributed by atoms with Crippen LogP contribution in [0.15, 0.2) is 12.1 Å². The van der Waals surface area contributed by atoms with Gasteiger partial charge in [0.25, 0.3) is 0 Å². The van der Waals surface area contributed by atoms with Crippen molar-refractivity contribution in [2.45, 2.75) is 39.8 Å². The maximum absolute atomic E-state index is 12.5. The molecule has 4 nitrogen and oxygen atoms in total. The summed E-state index contributed by atoms with van der Waals surface area (Å²) in [5.41, 5.74) is 4.41. The number of hydrogen-bond donors (Lipinski definition) is 2. The van der Waals surface area contributed by atoms with E-state index in [-0.39, 0.29) is 18.6 Å². The Kier molecular flexibility index (Phi) is 3.92. The first-order valence-electron chi connectivity index (χ1n) is 6.71. The topological polar surface area (TPSA) is 52.6 Å². The van der Waals surface area contributed by atoms with Crippen LogP contribution in [0, 0.1) is 20.8 Å². The lowest BCUT2D eigenvalue weighted by atomic mass is 10.0. The largest absolute Gasteiger partial charge is 0.394 e. The molecule has 1 saturated heterocycles. The zero-order valence-corrected chi connectivity index (χ0v) is 12.0. The van der Waals surface area contributed by atoms with Crippen molar-refractivity contribution < 1.29 is 9.90 Å². The Bertz CT molecular complexity index is 476. The molecule has 0 radical (unpaired) electrons. The summed E-state index contributed by atoms with van der Waals surface area (Å²) in [4.78, 5) is 14.3. The third-order valence-electron chi connectivity index (χ3n) is 3.69. The Morgan fingerprint density at radius 3 is 2.42 bits per heavy atom. The zero-order valence-electron chi connectivity index (χ0n) is 12.0. The summed E-state index contributed by atoms with van der Waals surface area (Å²) in [5, 5.41) is 12.4. The molecule has 1 aliphatic rings. The summed E-state index contributed by atoms with van der Waals surface area (Å²) in [5.74, 6) is -0.0451. The molecule has 104 valence electrons. The number of benzene rings is 1. The van der Waals surface area contributed by atoms with Gasteiger partial charge in [0.05, 0.1) is 6.61 Å². The van der Waals surface area contributed by atoms with Crippen molar-refractivity contribution in [3.05, 3.63) is 28.8 Å². The average Bonchev–Trinajstić information content (AvgIpc) is 2.32. The molecule has 1 fully saturated rings. The second kappa shape index (κ2) is 5.31. The highest BCUT2D eigenvalue weighted by Crippen LogP contribution is 2.29. The van der Waals surface area contributed by atoms with Crippen LogP contribution in [0.25, 0.3) is 0 Å². The molecule has 0 aliphatic carbocycles. The van der Waals surface area contributed by atoms with Crippen LogP contribution < -0.4 is 10.2 Å². The van der Waals surface area contributed by atoms with Gasteiger partial charge in [0.15, 0.2) is 0 Å². The molecule has 4 heteroatoms. The average molecular weight is 262 g/mol. The first-order valence-corrected chi connectivity index (χ1v) is 6.71. The Hall–Kier alpha value is -1.39. The smallest absolute Gasteiger partial charge is 0.246 e. The van der Waals surface area contributed by atoms with E-state index in [0.29, 0.717) is 6.54 Å². The second-order valence-corrected chi connectivity index (χ2v) is 5.45. The van der Waals surface area contributed by atoms with Crippen molar-refractivity contribution in [3.8, 4) is 0 Å². The number of aryl methyl sites for hydroxylation is 3. The summed E-state index contributed by atoms with van der Waals surface area (Å²) < 4.78 is 0. The lowest BCUT2D eigenvalue weighted by molar-refractivity contribution is -0.123. The number of anilines is 1. The molecule has 1 heterocycles. The Morgan fingerprint density at radius 1 is 1.32 bits per heavy atom. The predicted molar refractivity (Wildman–Crippen MR) is 76.5 cm³/mol. The van der Waals surface area contributed by atoms with Crippen LogP contribution in [-0.2, 0) is 4.79 Å². The molecular weight excluding hydrogens is 240 g/mol. The van der Waals surface area contributed by atoms with Crippen molar-refractivity contribution in [2.24, 2.45) is 0 Å². The number of aliphatic hydroxyl groups excluding tert-OH is 1. The van der Waals surface area contributed by atoms with Gasteiger partial charge < -0.3 is 15.3 Å². The highest BCUT2D eigenvalue weighted by Gasteiger charge is 2.34. The van der Waals surface area contributed by atoms with Crippen LogP contribution in [0.1, 0.15) is 23.6 Å². The van der Waals surface area contributed by atoms with E-state index >= 15 is 0 Å². The monoisotopic (exact) mass is 262 g/mol. The van der Waals surface area contributed by atoms with Crippen molar-refractivity contribution in [1.82, 2.24) is 5.32 Å². The fraction of sp³-hybridized carbons (Fsp3) is 0.533.